The Morgan fingerprint density at radius 3 is 2.92 bits per heavy atom. The lowest BCUT2D eigenvalue weighted by atomic mass is 9.95. The van der Waals surface area contributed by atoms with Crippen molar-refractivity contribution in [2.24, 2.45) is 4.99 Å². The zero-order chi connectivity index (χ0) is 9.19. The Kier molecular flexibility index (Phi) is 3.17. The van der Waals surface area contributed by atoms with Crippen molar-refractivity contribution in [1.82, 2.24) is 0 Å². The van der Waals surface area contributed by atoms with Crippen LogP contribution in [0.2, 0.25) is 0 Å². The number of carbonyl (C=O) groups is 1. The number of aliphatic carboxylic acids is 1. The molecule has 3 nitrogen and oxygen atoms in total. The van der Waals surface area contributed by atoms with E-state index in [1.807, 2.05) is 6.92 Å². The van der Waals surface area contributed by atoms with E-state index in [0.29, 0.717) is 0 Å². The van der Waals surface area contributed by atoms with Gasteiger partial charge in [0.25, 0.3) is 0 Å². The van der Waals surface area contributed by atoms with Gasteiger partial charge in [0.15, 0.2) is 0 Å². The van der Waals surface area contributed by atoms with E-state index in [1.165, 1.54) is 0 Å². The van der Waals surface area contributed by atoms with E-state index in [-0.39, 0.29) is 12.0 Å². The Morgan fingerprint density at radius 1 is 1.92 bits per heavy atom. The van der Waals surface area contributed by atoms with E-state index >= 15 is 0 Å². The van der Waals surface area contributed by atoms with Gasteiger partial charge in [-0.05, 0) is 22.4 Å². The normalized spacial score (nSPS) is 28.7. The summed E-state index contributed by atoms with van der Waals surface area (Å²) < 4.78 is 0.825. The average molecular weight is 252 g/mol. The number of carboxylic acids is 1. The lowest BCUT2D eigenvalue weighted by Gasteiger charge is -2.20. The smallest absolute Gasteiger partial charge is 0.305 e. The molecule has 1 rings (SSSR count). The molecule has 0 saturated carbocycles. The van der Waals surface area contributed by atoms with Crippen molar-refractivity contribution < 1.29 is 9.90 Å². The molecule has 0 aliphatic carbocycles. The number of carboxylic acid groups (broad SMARTS) is 1. The van der Waals surface area contributed by atoms with Gasteiger partial charge in [-0.15, -0.1) is 0 Å². The minimum Gasteiger partial charge on any atom is -0.481 e. The second kappa shape index (κ2) is 3.79. The number of aliphatic imine (C=N–C) groups is 1. The highest BCUT2D eigenvalue weighted by Crippen LogP contribution is 2.35. The van der Waals surface area contributed by atoms with E-state index in [2.05, 4.69) is 20.9 Å². The third-order valence-electron chi connectivity index (χ3n) is 1.92. The fourth-order valence-electron chi connectivity index (χ4n) is 1.12. The fraction of sp³-hybridized carbons (Fsp3) is 0.714. The SMILES string of the molecule is CCC1(CC(=O)O)CSC(Br)=N1. The molecule has 0 saturated heterocycles. The third-order valence-corrected chi connectivity index (χ3v) is 3.80. The molecule has 0 aromatic rings. The topological polar surface area (TPSA) is 49.7 Å². The Morgan fingerprint density at radius 2 is 2.58 bits per heavy atom. The van der Waals surface area contributed by atoms with E-state index in [1.54, 1.807) is 11.8 Å². The first-order valence-corrected chi connectivity index (χ1v) is 5.46. The predicted octanol–water partition coefficient (Wildman–Crippen LogP) is 2.11. The van der Waals surface area contributed by atoms with Crippen molar-refractivity contribution >= 4 is 37.6 Å². The Hall–Kier alpha value is -0.0300. The van der Waals surface area contributed by atoms with Gasteiger partial charge in [0.05, 0.1) is 12.0 Å². The highest BCUT2D eigenvalue weighted by atomic mass is 79.9. The van der Waals surface area contributed by atoms with E-state index in [0.717, 1.165) is 16.1 Å². The van der Waals surface area contributed by atoms with Gasteiger partial charge in [-0.2, -0.15) is 0 Å². The monoisotopic (exact) mass is 251 g/mol. The molecule has 0 aromatic carbocycles. The summed E-state index contributed by atoms with van der Waals surface area (Å²) in [5.74, 6) is -0.000440. The zero-order valence-corrected chi connectivity index (χ0v) is 9.11. The van der Waals surface area contributed by atoms with Crippen molar-refractivity contribution in [3.8, 4) is 0 Å². The van der Waals surface area contributed by atoms with Crippen LogP contribution in [0.25, 0.3) is 0 Å². The summed E-state index contributed by atoms with van der Waals surface area (Å²) in [6.45, 7) is 1.97. The third kappa shape index (κ3) is 2.23. The summed E-state index contributed by atoms with van der Waals surface area (Å²) in [7, 11) is 0. The molecule has 12 heavy (non-hydrogen) atoms. The molecule has 1 heterocycles. The van der Waals surface area contributed by atoms with Crippen molar-refractivity contribution in [3.05, 3.63) is 0 Å². The van der Waals surface area contributed by atoms with Crippen molar-refractivity contribution in [2.75, 3.05) is 5.75 Å². The molecule has 5 heteroatoms. The van der Waals surface area contributed by atoms with Crippen LogP contribution in [0.1, 0.15) is 19.8 Å². The molecular formula is C7H10BrNO2S. The molecule has 1 unspecified atom stereocenters. The summed E-state index contributed by atoms with van der Waals surface area (Å²) in [5, 5.41) is 8.66. The summed E-state index contributed by atoms with van der Waals surface area (Å²) in [5.41, 5.74) is -0.366. The van der Waals surface area contributed by atoms with Crippen LogP contribution in [0.15, 0.2) is 4.99 Å². The standard InChI is InChI=1S/C7H10BrNO2S/c1-2-7(3-5(10)11)4-12-6(8)9-7/h2-4H2,1H3,(H,10,11). The van der Waals surface area contributed by atoms with Gasteiger partial charge in [-0.25, -0.2) is 0 Å². The van der Waals surface area contributed by atoms with Crippen LogP contribution in [0.3, 0.4) is 0 Å². The maximum absolute atomic E-state index is 10.5. The molecule has 0 bridgehead atoms. The van der Waals surface area contributed by atoms with Crippen LogP contribution in [-0.2, 0) is 4.79 Å². The second-order valence-corrected chi connectivity index (χ2v) is 5.04. The van der Waals surface area contributed by atoms with Crippen LogP contribution < -0.4 is 0 Å². The number of thioether (sulfide) groups is 1. The Labute approximate surface area is 83.8 Å². The molecule has 0 spiro atoms. The number of hydrogen-bond acceptors (Lipinski definition) is 3. The molecule has 68 valence electrons. The van der Waals surface area contributed by atoms with E-state index < -0.39 is 5.97 Å². The van der Waals surface area contributed by atoms with Crippen molar-refractivity contribution in [1.29, 1.82) is 0 Å². The second-order valence-electron chi connectivity index (χ2n) is 2.80. The van der Waals surface area contributed by atoms with Crippen LogP contribution in [0.4, 0.5) is 0 Å². The number of nitrogens with zero attached hydrogens (tertiary/aromatic N) is 1. The van der Waals surface area contributed by atoms with Gasteiger partial charge in [0, 0.05) is 5.75 Å². The molecule has 0 fully saturated rings. The number of halogens is 1. The van der Waals surface area contributed by atoms with E-state index in [4.69, 9.17) is 5.11 Å². The summed E-state index contributed by atoms with van der Waals surface area (Å²) >= 11 is 4.84. The summed E-state index contributed by atoms with van der Waals surface area (Å²) in [4.78, 5) is 14.8. The Bertz CT molecular complexity index is 231. The van der Waals surface area contributed by atoms with Crippen LogP contribution >= 0.6 is 27.7 Å². The molecular weight excluding hydrogens is 242 g/mol. The maximum atomic E-state index is 10.5. The molecule has 1 atom stereocenters. The first-order chi connectivity index (χ1) is 5.58. The number of rotatable bonds is 3. The van der Waals surface area contributed by atoms with Crippen LogP contribution in [-0.4, -0.2) is 26.3 Å². The molecule has 1 aliphatic heterocycles. The summed E-state index contributed by atoms with van der Waals surface area (Å²) in [6, 6.07) is 0. The van der Waals surface area contributed by atoms with Gasteiger partial charge in [0.1, 0.15) is 3.95 Å². The van der Waals surface area contributed by atoms with Gasteiger partial charge in [0.2, 0.25) is 0 Å². The van der Waals surface area contributed by atoms with E-state index in [9.17, 15) is 4.79 Å². The average Bonchev–Trinajstić information content (AvgIpc) is 2.32. The summed E-state index contributed by atoms with van der Waals surface area (Å²) in [6.07, 6.45) is 0.910. The predicted molar refractivity (Wildman–Crippen MR) is 54.1 cm³/mol. The van der Waals surface area contributed by atoms with Crippen LogP contribution in [0, 0.1) is 0 Å². The Balaban J connectivity index is 2.71. The van der Waals surface area contributed by atoms with Crippen molar-refractivity contribution in [3.63, 3.8) is 0 Å². The molecule has 0 amide bonds. The molecule has 1 aliphatic rings. The quantitative estimate of drug-likeness (QED) is 0.836. The number of hydrogen-bond donors (Lipinski definition) is 1. The lowest BCUT2D eigenvalue weighted by molar-refractivity contribution is -0.138. The minimum absolute atomic E-state index is 0.131. The van der Waals surface area contributed by atoms with Gasteiger partial charge >= 0.3 is 5.97 Å². The first kappa shape index (κ1) is 10.1. The highest BCUT2D eigenvalue weighted by molar-refractivity contribution is 9.22. The van der Waals surface area contributed by atoms with Gasteiger partial charge in [-0.1, -0.05) is 18.7 Å². The molecule has 0 aromatic heterocycles. The minimum atomic E-state index is -0.775. The van der Waals surface area contributed by atoms with Crippen LogP contribution in [0.5, 0.6) is 0 Å². The van der Waals surface area contributed by atoms with Gasteiger partial charge in [-0.3, -0.25) is 9.79 Å². The highest BCUT2D eigenvalue weighted by Gasteiger charge is 2.35. The maximum Gasteiger partial charge on any atom is 0.305 e. The van der Waals surface area contributed by atoms with Gasteiger partial charge < -0.3 is 5.11 Å². The lowest BCUT2D eigenvalue weighted by Crippen LogP contribution is -2.29. The first-order valence-electron chi connectivity index (χ1n) is 3.68. The zero-order valence-electron chi connectivity index (χ0n) is 6.71. The van der Waals surface area contributed by atoms with Crippen molar-refractivity contribution in [2.45, 2.75) is 25.3 Å². The molecule has 0 radical (unpaired) electrons. The largest absolute Gasteiger partial charge is 0.481 e. The fourth-order valence-corrected chi connectivity index (χ4v) is 2.86. The molecule has 1 N–H and O–H groups in total.